The number of ether oxygens (including phenoxy) is 2. The fourth-order valence-electron chi connectivity index (χ4n) is 3.73. The van der Waals surface area contributed by atoms with Crippen LogP contribution in [0.2, 0.25) is 0 Å². The van der Waals surface area contributed by atoms with Crippen molar-refractivity contribution >= 4 is 44.8 Å². The first-order valence-electron chi connectivity index (χ1n) is 8.65. The summed E-state index contributed by atoms with van der Waals surface area (Å²) in [6.45, 7) is 2.28. The van der Waals surface area contributed by atoms with Gasteiger partial charge in [0.25, 0.3) is 5.91 Å². The van der Waals surface area contributed by atoms with Gasteiger partial charge < -0.3 is 20.1 Å². The predicted molar refractivity (Wildman–Crippen MR) is 112 cm³/mol. The van der Waals surface area contributed by atoms with E-state index >= 15 is 0 Å². The summed E-state index contributed by atoms with van der Waals surface area (Å²) in [6.07, 6.45) is 2.94. The van der Waals surface area contributed by atoms with Gasteiger partial charge >= 0.3 is 0 Å². The van der Waals surface area contributed by atoms with Gasteiger partial charge in [-0.05, 0) is 71.0 Å². The van der Waals surface area contributed by atoms with E-state index in [2.05, 4.69) is 40.1 Å². The highest BCUT2D eigenvalue weighted by Crippen LogP contribution is 2.43. The van der Waals surface area contributed by atoms with E-state index in [4.69, 9.17) is 9.47 Å². The lowest BCUT2D eigenvalue weighted by Gasteiger charge is -2.27. The first-order valence-corrected chi connectivity index (χ1v) is 10.5. The van der Waals surface area contributed by atoms with Crippen molar-refractivity contribution in [2.75, 3.05) is 19.5 Å². The van der Waals surface area contributed by atoms with Gasteiger partial charge in [-0.25, -0.2) is 0 Å². The zero-order valence-electron chi connectivity index (χ0n) is 14.9. The molecule has 0 fully saturated rings. The summed E-state index contributed by atoms with van der Waals surface area (Å²) in [5, 5.41) is 7.62. The average molecular weight is 484 g/mol. The molecule has 1 aromatic heterocycles. The van der Waals surface area contributed by atoms with E-state index in [1.165, 1.54) is 10.4 Å². The van der Waals surface area contributed by atoms with Crippen molar-refractivity contribution in [1.29, 1.82) is 0 Å². The molecule has 0 bridgehead atoms. The fraction of sp³-hybridized carbons (Fsp3) is 0.421. The molecule has 26 heavy (non-hydrogen) atoms. The van der Waals surface area contributed by atoms with Crippen molar-refractivity contribution < 1.29 is 14.3 Å². The molecule has 0 saturated carbocycles. The third-order valence-corrected chi connectivity index (χ3v) is 7.07. The Hall–Kier alpha value is -1.48. The van der Waals surface area contributed by atoms with Gasteiger partial charge in [0.1, 0.15) is 11.2 Å². The Balaban J connectivity index is 1.70. The van der Waals surface area contributed by atoms with E-state index in [0.717, 1.165) is 39.0 Å². The minimum absolute atomic E-state index is 0.0144. The van der Waals surface area contributed by atoms with Crippen LogP contribution in [0.1, 0.15) is 45.9 Å². The Morgan fingerprint density at radius 2 is 2.04 bits per heavy atom. The quantitative estimate of drug-likeness (QED) is 0.637. The monoisotopic (exact) mass is 484 g/mol. The second-order valence-electron chi connectivity index (χ2n) is 6.84. The average Bonchev–Trinajstić information content (AvgIpc) is 2.98. The van der Waals surface area contributed by atoms with Gasteiger partial charge in [0.05, 0.1) is 23.4 Å². The number of carbonyl (C=O) groups excluding carboxylic acids is 1. The van der Waals surface area contributed by atoms with Crippen molar-refractivity contribution in [3.8, 4) is 11.5 Å². The Kier molecular flexibility index (Phi) is 4.77. The highest BCUT2D eigenvalue weighted by Gasteiger charge is 2.33. The maximum Gasteiger partial charge on any atom is 0.256 e. The lowest BCUT2D eigenvalue weighted by atomic mass is 9.88. The maximum atomic E-state index is 12.8. The van der Waals surface area contributed by atoms with Crippen molar-refractivity contribution in [2.45, 2.75) is 32.4 Å². The number of thiophene rings is 1. The van der Waals surface area contributed by atoms with Crippen molar-refractivity contribution in [3.05, 3.63) is 37.3 Å². The minimum Gasteiger partial charge on any atom is -0.493 e. The molecule has 0 unspecified atom stereocenters. The van der Waals surface area contributed by atoms with E-state index in [1.807, 2.05) is 12.1 Å². The number of halogens is 1. The number of amides is 1. The number of anilines is 1. The van der Waals surface area contributed by atoms with Crippen LogP contribution in [0.15, 0.2) is 12.1 Å². The molecular weight excluding hydrogens is 463 g/mol. The molecule has 0 saturated heterocycles. The summed E-state index contributed by atoms with van der Waals surface area (Å²) in [6, 6.07) is 3.93. The van der Waals surface area contributed by atoms with Crippen LogP contribution in [0.25, 0.3) is 0 Å². The number of benzene rings is 1. The van der Waals surface area contributed by atoms with Gasteiger partial charge in [-0.15, -0.1) is 11.3 Å². The lowest BCUT2D eigenvalue weighted by Crippen LogP contribution is -2.38. The predicted octanol–water partition coefficient (Wildman–Crippen LogP) is 4.35. The summed E-state index contributed by atoms with van der Waals surface area (Å²) in [5.41, 5.74) is 3.04. The van der Waals surface area contributed by atoms with Gasteiger partial charge in [0.15, 0.2) is 11.5 Å². The zero-order chi connectivity index (χ0) is 18.4. The summed E-state index contributed by atoms with van der Waals surface area (Å²) >= 11 is 3.96. The second-order valence-corrected chi connectivity index (χ2v) is 9.11. The minimum atomic E-state index is -0.277. The van der Waals surface area contributed by atoms with E-state index < -0.39 is 0 Å². The Labute approximate surface area is 170 Å². The standard InChI is InChI=1S/C19H21IN2O3S/c1-9-4-5-11-14(6-9)26-19-15(11)18(23)21-17(22-19)10-7-12(20)16(25-3)13(8-10)24-2/h7-9,17,22H,4-6H2,1-3H3,(H,21,23)/t9-,17+/m0/s1. The lowest BCUT2D eigenvalue weighted by molar-refractivity contribution is 0.0935. The number of nitrogens with one attached hydrogen (secondary N) is 2. The topological polar surface area (TPSA) is 59.6 Å². The maximum absolute atomic E-state index is 12.8. The molecule has 0 spiro atoms. The number of carbonyl (C=O) groups is 1. The van der Waals surface area contributed by atoms with Crippen LogP contribution in [0.3, 0.4) is 0 Å². The molecule has 2 heterocycles. The Morgan fingerprint density at radius 3 is 2.77 bits per heavy atom. The molecule has 1 aromatic carbocycles. The summed E-state index contributed by atoms with van der Waals surface area (Å²) in [4.78, 5) is 14.2. The molecule has 2 aromatic rings. The van der Waals surface area contributed by atoms with Gasteiger partial charge in [0.2, 0.25) is 0 Å². The number of fused-ring (bicyclic) bond motifs is 3. The van der Waals surface area contributed by atoms with Crippen LogP contribution >= 0.6 is 33.9 Å². The third-order valence-electron chi connectivity index (χ3n) is 5.08. The molecule has 5 nitrogen and oxygen atoms in total. The Morgan fingerprint density at radius 1 is 1.23 bits per heavy atom. The molecule has 1 aliphatic heterocycles. The molecule has 1 amide bonds. The molecule has 2 aliphatic rings. The molecule has 2 atom stereocenters. The number of hydrogen-bond donors (Lipinski definition) is 2. The number of rotatable bonds is 3. The van der Waals surface area contributed by atoms with Crippen LogP contribution in [-0.4, -0.2) is 20.1 Å². The van der Waals surface area contributed by atoms with E-state index in [-0.39, 0.29) is 12.1 Å². The molecule has 0 radical (unpaired) electrons. The normalized spacial score (nSPS) is 21.3. The molecule has 7 heteroatoms. The summed E-state index contributed by atoms with van der Waals surface area (Å²) in [5.74, 6) is 2.07. The highest BCUT2D eigenvalue weighted by atomic mass is 127. The number of hydrogen-bond acceptors (Lipinski definition) is 5. The van der Waals surface area contributed by atoms with Gasteiger partial charge in [-0.1, -0.05) is 6.92 Å². The van der Waals surface area contributed by atoms with Crippen LogP contribution in [0.4, 0.5) is 5.00 Å². The van der Waals surface area contributed by atoms with E-state index in [0.29, 0.717) is 17.4 Å². The fourth-order valence-corrected chi connectivity index (χ4v) is 6.02. The molecule has 138 valence electrons. The van der Waals surface area contributed by atoms with Crippen LogP contribution in [0, 0.1) is 9.49 Å². The van der Waals surface area contributed by atoms with Crippen molar-refractivity contribution in [3.63, 3.8) is 0 Å². The Bertz CT molecular complexity index is 880. The van der Waals surface area contributed by atoms with Crippen molar-refractivity contribution in [1.82, 2.24) is 5.32 Å². The number of methoxy groups -OCH3 is 2. The van der Waals surface area contributed by atoms with Crippen LogP contribution in [-0.2, 0) is 12.8 Å². The molecule has 2 N–H and O–H groups in total. The van der Waals surface area contributed by atoms with E-state index in [9.17, 15) is 4.79 Å². The summed E-state index contributed by atoms with van der Waals surface area (Å²) in [7, 11) is 3.25. The van der Waals surface area contributed by atoms with Crippen LogP contribution in [0.5, 0.6) is 11.5 Å². The SMILES string of the molecule is COc1cc([C@@H]2NC(=O)c3c(sc4c3CC[C@H](C)C4)N2)cc(I)c1OC. The molecule has 4 rings (SSSR count). The van der Waals surface area contributed by atoms with Gasteiger partial charge in [-0.3, -0.25) is 4.79 Å². The molecule has 1 aliphatic carbocycles. The first kappa shape index (κ1) is 17.9. The molecular formula is C19H21IN2O3S. The smallest absolute Gasteiger partial charge is 0.256 e. The van der Waals surface area contributed by atoms with Crippen LogP contribution < -0.4 is 20.1 Å². The van der Waals surface area contributed by atoms with Gasteiger partial charge in [-0.2, -0.15) is 0 Å². The first-order chi connectivity index (χ1) is 12.5. The second kappa shape index (κ2) is 6.92. The third kappa shape index (κ3) is 2.94. The highest BCUT2D eigenvalue weighted by molar-refractivity contribution is 14.1. The summed E-state index contributed by atoms with van der Waals surface area (Å²) < 4.78 is 11.8. The van der Waals surface area contributed by atoms with Gasteiger partial charge in [0, 0.05) is 4.88 Å². The van der Waals surface area contributed by atoms with Crippen molar-refractivity contribution in [2.24, 2.45) is 5.92 Å². The van der Waals surface area contributed by atoms with E-state index in [1.54, 1.807) is 25.6 Å². The zero-order valence-corrected chi connectivity index (χ0v) is 17.9. The largest absolute Gasteiger partial charge is 0.493 e.